The van der Waals surface area contributed by atoms with Gasteiger partial charge in [0.2, 0.25) is 0 Å². The number of nitrogens with one attached hydrogen (secondary N) is 1. The van der Waals surface area contributed by atoms with Crippen molar-refractivity contribution in [2.24, 2.45) is 5.11 Å². The molecule has 1 N–H and O–H groups in total. The van der Waals surface area contributed by atoms with E-state index in [1.807, 2.05) is 30.3 Å². The first-order valence-electron chi connectivity index (χ1n) is 6.32. The fourth-order valence-electron chi connectivity index (χ4n) is 1.93. The predicted molar refractivity (Wildman–Crippen MR) is 82.3 cm³/mol. The van der Waals surface area contributed by atoms with Crippen molar-refractivity contribution in [2.75, 3.05) is 5.32 Å². The number of nitro groups is 2. The minimum atomic E-state index is -0.835. The van der Waals surface area contributed by atoms with Crippen LogP contribution in [0.4, 0.5) is 22.7 Å². The molecule has 0 aliphatic heterocycles. The average Bonchev–Trinajstić information content (AvgIpc) is 2.53. The highest BCUT2D eigenvalue weighted by molar-refractivity contribution is 5.75. The summed E-state index contributed by atoms with van der Waals surface area (Å²) < 4.78 is 0. The van der Waals surface area contributed by atoms with Gasteiger partial charge < -0.3 is 5.32 Å². The van der Waals surface area contributed by atoms with E-state index in [9.17, 15) is 20.2 Å². The third-order valence-electron chi connectivity index (χ3n) is 2.96. The van der Waals surface area contributed by atoms with E-state index in [0.717, 1.165) is 17.7 Å². The Morgan fingerprint density at radius 2 is 1.74 bits per heavy atom. The number of nitro benzene ring substituents is 2. The van der Waals surface area contributed by atoms with Crippen molar-refractivity contribution in [1.82, 2.24) is 0 Å². The first kappa shape index (κ1) is 15.7. The van der Waals surface area contributed by atoms with Crippen molar-refractivity contribution in [2.45, 2.75) is 6.54 Å². The lowest BCUT2D eigenvalue weighted by atomic mass is 10.2. The van der Waals surface area contributed by atoms with Crippen LogP contribution in [-0.2, 0) is 6.54 Å². The topological polar surface area (TPSA) is 147 Å². The maximum atomic E-state index is 11.1. The summed E-state index contributed by atoms with van der Waals surface area (Å²) >= 11 is 0. The largest absolute Gasteiger partial charge is 0.375 e. The number of nitrogens with zero attached hydrogens (tertiary/aromatic N) is 5. The van der Waals surface area contributed by atoms with Gasteiger partial charge in [-0.15, -0.1) is 0 Å². The third-order valence-corrected chi connectivity index (χ3v) is 2.96. The fraction of sp³-hybridized carbons (Fsp3) is 0.0769. The molecular formula is C13H10N6O4. The van der Waals surface area contributed by atoms with Crippen molar-refractivity contribution in [3.8, 4) is 0 Å². The van der Waals surface area contributed by atoms with Gasteiger partial charge in [0.05, 0.1) is 15.9 Å². The molecular weight excluding hydrogens is 304 g/mol. The molecule has 23 heavy (non-hydrogen) atoms. The number of benzene rings is 2. The standard InChI is InChI=1S/C13H10N6O4/c14-17-16-11-6-10(15-8-9-4-2-1-3-5-9)12(18(20)21)7-13(11)19(22)23/h1-7,15H,8H2. The Hall–Kier alpha value is -3.65. The Morgan fingerprint density at radius 3 is 2.30 bits per heavy atom. The smallest absolute Gasteiger partial charge is 0.299 e. The molecule has 0 bridgehead atoms. The molecule has 0 aliphatic carbocycles. The Morgan fingerprint density at radius 1 is 1.09 bits per heavy atom. The maximum Gasteiger partial charge on any atom is 0.299 e. The van der Waals surface area contributed by atoms with E-state index >= 15 is 0 Å². The molecule has 116 valence electrons. The van der Waals surface area contributed by atoms with Gasteiger partial charge in [0.15, 0.2) is 0 Å². The Labute approximate surface area is 129 Å². The van der Waals surface area contributed by atoms with Crippen LogP contribution in [0.25, 0.3) is 10.4 Å². The lowest BCUT2D eigenvalue weighted by molar-refractivity contribution is -0.393. The Bertz CT molecular complexity index is 802. The summed E-state index contributed by atoms with van der Waals surface area (Å²) in [7, 11) is 0. The molecule has 10 nitrogen and oxygen atoms in total. The molecule has 0 aliphatic rings. The van der Waals surface area contributed by atoms with Gasteiger partial charge in [-0.25, -0.2) is 0 Å². The highest BCUT2D eigenvalue weighted by Crippen LogP contribution is 2.38. The van der Waals surface area contributed by atoms with E-state index in [-0.39, 0.29) is 17.9 Å². The Kier molecular flexibility index (Phi) is 4.70. The van der Waals surface area contributed by atoms with Gasteiger partial charge in [-0.1, -0.05) is 35.4 Å². The molecule has 0 atom stereocenters. The molecule has 2 rings (SSSR count). The van der Waals surface area contributed by atoms with E-state index in [0.29, 0.717) is 0 Å². The van der Waals surface area contributed by atoms with Crippen LogP contribution in [0.1, 0.15) is 5.56 Å². The second-order valence-corrected chi connectivity index (χ2v) is 4.40. The van der Waals surface area contributed by atoms with E-state index in [4.69, 9.17) is 5.53 Å². The average molecular weight is 314 g/mol. The van der Waals surface area contributed by atoms with Crippen LogP contribution in [-0.4, -0.2) is 9.85 Å². The summed E-state index contributed by atoms with van der Waals surface area (Å²) in [5, 5.41) is 28.1. The van der Waals surface area contributed by atoms with Crippen LogP contribution in [0.2, 0.25) is 0 Å². The van der Waals surface area contributed by atoms with Gasteiger partial charge in [-0.05, 0) is 17.2 Å². The molecule has 0 radical (unpaired) electrons. The minimum Gasteiger partial charge on any atom is -0.375 e. The number of hydrogen-bond donors (Lipinski definition) is 1. The fourth-order valence-corrected chi connectivity index (χ4v) is 1.93. The van der Waals surface area contributed by atoms with Gasteiger partial charge >= 0.3 is 0 Å². The summed E-state index contributed by atoms with van der Waals surface area (Å²) in [6, 6.07) is 11.0. The van der Waals surface area contributed by atoms with Crippen LogP contribution in [0.5, 0.6) is 0 Å². The Balaban J connectivity index is 2.44. The highest BCUT2D eigenvalue weighted by atomic mass is 16.6. The van der Waals surface area contributed by atoms with E-state index in [1.54, 1.807) is 0 Å². The van der Waals surface area contributed by atoms with Gasteiger partial charge in [0.25, 0.3) is 11.4 Å². The van der Waals surface area contributed by atoms with E-state index in [2.05, 4.69) is 15.3 Å². The minimum absolute atomic E-state index is 0.0341. The summed E-state index contributed by atoms with van der Waals surface area (Å²) in [6.45, 7) is 0.273. The molecule has 2 aromatic rings. The zero-order valence-corrected chi connectivity index (χ0v) is 11.6. The van der Waals surface area contributed by atoms with Gasteiger partial charge in [0, 0.05) is 11.5 Å². The molecule has 0 fully saturated rings. The maximum absolute atomic E-state index is 11.1. The normalized spacial score (nSPS) is 9.74. The number of azide groups is 1. The molecule has 0 saturated carbocycles. The van der Waals surface area contributed by atoms with Crippen LogP contribution in [0, 0.1) is 20.2 Å². The highest BCUT2D eigenvalue weighted by Gasteiger charge is 2.23. The third kappa shape index (κ3) is 3.71. The van der Waals surface area contributed by atoms with E-state index < -0.39 is 21.2 Å². The lowest BCUT2D eigenvalue weighted by Gasteiger charge is -2.08. The van der Waals surface area contributed by atoms with Crippen molar-refractivity contribution in [3.63, 3.8) is 0 Å². The van der Waals surface area contributed by atoms with Crippen molar-refractivity contribution in [3.05, 3.63) is 78.7 Å². The first-order valence-corrected chi connectivity index (χ1v) is 6.32. The lowest BCUT2D eigenvalue weighted by Crippen LogP contribution is -2.03. The molecule has 10 heteroatoms. The summed E-state index contributed by atoms with van der Waals surface area (Å²) in [6.07, 6.45) is 0. The van der Waals surface area contributed by atoms with E-state index in [1.165, 1.54) is 0 Å². The second-order valence-electron chi connectivity index (χ2n) is 4.40. The monoisotopic (exact) mass is 314 g/mol. The quantitative estimate of drug-likeness (QED) is 0.280. The van der Waals surface area contributed by atoms with Crippen LogP contribution in [0.3, 0.4) is 0 Å². The van der Waals surface area contributed by atoms with Crippen molar-refractivity contribution >= 4 is 22.7 Å². The molecule has 0 unspecified atom stereocenters. The second kappa shape index (κ2) is 6.87. The molecule has 0 heterocycles. The van der Waals surface area contributed by atoms with Gasteiger partial charge in [-0.3, -0.25) is 20.2 Å². The molecule has 0 spiro atoms. The SMILES string of the molecule is [N-]=[N+]=Nc1cc(NCc2ccccc2)c([N+](=O)[O-])cc1[N+](=O)[O-]. The van der Waals surface area contributed by atoms with Crippen LogP contribution >= 0.6 is 0 Å². The summed E-state index contributed by atoms with van der Waals surface area (Å²) in [5.74, 6) is 0. The zero-order chi connectivity index (χ0) is 16.8. The zero-order valence-electron chi connectivity index (χ0n) is 11.6. The van der Waals surface area contributed by atoms with Crippen molar-refractivity contribution in [1.29, 1.82) is 0 Å². The molecule has 0 amide bonds. The van der Waals surface area contributed by atoms with Crippen LogP contribution in [0.15, 0.2) is 47.6 Å². The predicted octanol–water partition coefficient (Wildman–Crippen LogP) is 4.06. The summed E-state index contributed by atoms with van der Waals surface area (Å²) in [4.78, 5) is 23.0. The molecule has 2 aromatic carbocycles. The van der Waals surface area contributed by atoms with Crippen molar-refractivity contribution < 1.29 is 9.85 Å². The van der Waals surface area contributed by atoms with Gasteiger partial charge in [-0.2, -0.15) is 0 Å². The number of rotatable bonds is 6. The molecule has 0 saturated heterocycles. The van der Waals surface area contributed by atoms with Gasteiger partial charge in [0.1, 0.15) is 11.4 Å². The molecule has 0 aromatic heterocycles. The number of hydrogen-bond acceptors (Lipinski definition) is 6. The summed E-state index contributed by atoms with van der Waals surface area (Å²) in [5.41, 5.74) is 8.00. The number of anilines is 1. The van der Waals surface area contributed by atoms with Crippen LogP contribution < -0.4 is 5.32 Å². The first-order chi connectivity index (χ1) is 11.0.